The molecule has 0 spiro atoms. The van der Waals surface area contributed by atoms with Crippen molar-refractivity contribution < 1.29 is 58.0 Å². The van der Waals surface area contributed by atoms with Crippen molar-refractivity contribution in [2.45, 2.75) is 32.3 Å². The van der Waals surface area contributed by atoms with Gasteiger partial charge in [-0.15, -0.1) is 0 Å². The molecule has 4 rings (SSSR count). The Morgan fingerprint density at radius 3 is 1.72 bits per heavy atom. The van der Waals surface area contributed by atoms with Crippen molar-refractivity contribution in [2.75, 3.05) is 7.11 Å². The average Bonchev–Trinajstić information content (AvgIpc) is 3.19. The van der Waals surface area contributed by atoms with Crippen LogP contribution in [0.3, 0.4) is 0 Å². The number of imidazole rings is 1. The van der Waals surface area contributed by atoms with Crippen molar-refractivity contribution >= 4 is 27.7 Å². The minimum atomic E-state index is -4.59. The van der Waals surface area contributed by atoms with Gasteiger partial charge in [-0.3, -0.25) is 8.98 Å². The van der Waals surface area contributed by atoms with Crippen LogP contribution in [-0.2, 0) is 34.9 Å². The summed E-state index contributed by atoms with van der Waals surface area (Å²) in [6.07, 6.45) is -10.5. The molecule has 0 aliphatic rings. The molecule has 0 aliphatic carbocycles. The number of alkyl halides is 6. The fraction of sp³-hybridized carbons (Fsp3) is 0.286. The number of aliphatic hydroxyl groups is 1. The van der Waals surface area contributed by atoms with E-state index >= 15 is 0 Å². The number of aromatic nitrogens is 2. The predicted molar refractivity (Wildman–Crippen MR) is 145 cm³/mol. The van der Waals surface area contributed by atoms with Crippen LogP contribution in [0, 0.1) is 13.8 Å². The van der Waals surface area contributed by atoms with Gasteiger partial charge in [0.2, 0.25) is 10.4 Å². The summed E-state index contributed by atoms with van der Waals surface area (Å²) >= 11 is 0. The van der Waals surface area contributed by atoms with Gasteiger partial charge in [-0.25, -0.2) is 17.6 Å². The quantitative estimate of drug-likeness (QED) is 0.104. The Kier molecular flexibility index (Phi) is 13.5. The first-order chi connectivity index (χ1) is 19.7. The van der Waals surface area contributed by atoms with Gasteiger partial charge in [0.25, 0.3) is 0 Å². The molecule has 0 radical (unpaired) electrons. The fourth-order valence-corrected chi connectivity index (χ4v) is 3.45. The molecular formula is C28H30F6N2O6S. The summed E-state index contributed by atoms with van der Waals surface area (Å²) in [4.78, 5) is 10.1. The summed E-state index contributed by atoms with van der Waals surface area (Å²) in [6.45, 7) is 3.76. The molecule has 15 heteroatoms. The van der Waals surface area contributed by atoms with Crippen molar-refractivity contribution in [3.8, 4) is 0 Å². The first-order valence-corrected chi connectivity index (χ1v) is 13.4. The Labute approximate surface area is 244 Å². The number of carbonyl (C=O) groups is 1. The van der Waals surface area contributed by atoms with Crippen LogP contribution < -0.4 is 4.57 Å². The lowest BCUT2D eigenvalue weighted by Crippen LogP contribution is -2.37. The number of carbonyl (C=O) groups excluding carboxylic acids is 1. The van der Waals surface area contributed by atoms with Crippen LogP contribution in [0.2, 0.25) is 0 Å². The summed E-state index contributed by atoms with van der Waals surface area (Å²) < 4.78 is 107. The summed E-state index contributed by atoms with van der Waals surface area (Å²) in [5.74, 6) is -0.649. The summed E-state index contributed by atoms with van der Waals surface area (Å²) in [7, 11) is -0.761. The molecular weight excluding hydrogens is 606 g/mol. The number of nitrogens with zero attached hydrogens (tertiary/aromatic N) is 2. The van der Waals surface area contributed by atoms with Crippen molar-refractivity contribution in [1.82, 2.24) is 4.57 Å². The number of fused-ring (bicyclic) bond motifs is 1. The number of rotatable bonds is 3. The van der Waals surface area contributed by atoms with Crippen LogP contribution in [-0.4, -0.2) is 42.2 Å². The van der Waals surface area contributed by atoms with Crippen LogP contribution in [0.15, 0.2) is 72.8 Å². The highest BCUT2D eigenvalue weighted by Gasteiger charge is 2.45. The zero-order valence-electron chi connectivity index (χ0n) is 23.6. The number of aldehydes is 1. The first kappa shape index (κ1) is 37.2. The molecule has 1 N–H and O–H groups in total. The van der Waals surface area contributed by atoms with Gasteiger partial charge in [-0.2, -0.15) is 26.3 Å². The van der Waals surface area contributed by atoms with E-state index in [4.69, 9.17) is 5.11 Å². The zero-order chi connectivity index (χ0) is 33.2. The van der Waals surface area contributed by atoms with E-state index in [2.05, 4.69) is 4.18 Å². The smallest absolute Gasteiger partial charge is 0.495 e. The molecule has 1 atom stereocenters. The lowest BCUT2D eigenvalue weighted by Gasteiger charge is -2.14. The summed E-state index contributed by atoms with van der Waals surface area (Å²) in [6, 6.07) is 19.9. The Balaban J connectivity index is 0.000000302. The SMILES string of the molecule is COS(=O)(=O)[O-].Cc1ccc(C(O)C(F)(F)F)cc1.Cc1ccc(C=O)cc1.Cn1c(C(F)(F)F)[n+](C)c2ccccc21. The lowest BCUT2D eigenvalue weighted by atomic mass is 10.1. The summed E-state index contributed by atoms with van der Waals surface area (Å²) in [5, 5.41) is 8.82. The molecule has 0 saturated carbocycles. The largest absolute Gasteiger partial charge is 0.726 e. The maximum Gasteiger partial charge on any atom is 0.495 e. The standard InChI is InChI=1S/C10H10F3N2.C9H9F3O.C8H8O.CH4O4S/c1-14-7-5-3-4-6-8(7)15(2)9(14)10(11,12)13;1-6-2-4-7(5-3-6)8(13)9(10,11)12;1-7-2-4-8(6-9)5-3-7;1-5-6(2,3)4/h3-6H,1-2H3;2-5,8,13H,1H3;2-6H,1H3;1H3,(H,2,3,4)/q+1;;;/p-1. The lowest BCUT2D eigenvalue weighted by molar-refractivity contribution is -0.667. The van der Waals surface area contributed by atoms with Gasteiger partial charge in [-0.1, -0.05) is 71.8 Å². The molecule has 1 aromatic heterocycles. The van der Waals surface area contributed by atoms with Crippen LogP contribution in [0.4, 0.5) is 26.3 Å². The Bertz CT molecular complexity index is 1530. The van der Waals surface area contributed by atoms with Crippen LogP contribution in [0.5, 0.6) is 0 Å². The van der Waals surface area contributed by atoms with Gasteiger partial charge in [0.05, 0.1) is 21.2 Å². The van der Waals surface area contributed by atoms with E-state index in [1.165, 1.54) is 43.9 Å². The molecule has 0 bridgehead atoms. The maximum atomic E-state index is 12.7. The zero-order valence-corrected chi connectivity index (χ0v) is 24.5. The molecule has 236 valence electrons. The topological polar surface area (TPSA) is 113 Å². The van der Waals surface area contributed by atoms with Gasteiger partial charge < -0.3 is 9.66 Å². The van der Waals surface area contributed by atoms with Crippen LogP contribution in [0.1, 0.15) is 39.0 Å². The van der Waals surface area contributed by atoms with Crippen molar-refractivity contribution in [1.29, 1.82) is 0 Å². The average molecular weight is 637 g/mol. The Hall–Kier alpha value is -3.79. The van der Waals surface area contributed by atoms with Crippen molar-refractivity contribution in [3.05, 3.63) is 101 Å². The third-order valence-corrected chi connectivity index (χ3v) is 6.02. The second-order valence-corrected chi connectivity index (χ2v) is 10.0. The number of para-hydroxylation sites is 2. The molecule has 43 heavy (non-hydrogen) atoms. The molecule has 1 heterocycles. The fourth-order valence-electron chi connectivity index (χ4n) is 3.45. The maximum absolute atomic E-state index is 12.7. The Morgan fingerprint density at radius 1 is 0.907 bits per heavy atom. The van der Waals surface area contributed by atoms with E-state index < -0.39 is 34.7 Å². The normalized spacial score (nSPS) is 12.1. The van der Waals surface area contributed by atoms with Crippen molar-refractivity contribution in [2.24, 2.45) is 14.1 Å². The number of hydrogen-bond donors (Lipinski definition) is 1. The number of aliphatic hydroxyl groups excluding tert-OH is 1. The second kappa shape index (κ2) is 15.6. The molecule has 0 aliphatic heterocycles. The number of halogens is 6. The van der Waals surface area contributed by atoms with Gasteiger partial charge in [0.15, 0.2) is 17.1 Å². The number of hydrogen-bond acceptors (Lipinski definition) is 6. The second-order valence-electron chi connectivity index (χ2n) is 8.89. The van der Waals surface area contributed by atoms with E-state index in [9.17, 15) is 44.1 Å². The van der Waals surface area contributed by atoms with Crippen LogP contribution >= 0.6 is 0 Å². The van der Waals surface area contributed by atoms with Gasteiger partial charge >= 0.3 is 18.2 Å². The third kappa shape index (κ3) is 12.2. The van der Waals surface area contributed by atoms with Crippen molar-refractivity contribution in [3.63, 3.8) is 0 Å². The molecule has 0 fully saturated rings. The number of benzene rings is 3. The van der Waals surface area contributed by atoms with Gasteiger partial charge in [0.1, 0.15) is 6.29 Å². The molecule has 1 unspecified atom stereocenters. The number of aryl methyl sites for hydroxylation is 4. The van der Waals surface area contributed by atoms with E-state index in [0.717, 1.165) is 33.7 Å². The molecule has 4 aromatic rings. The highest BCUT2D eigenvalue weighted by Crippen LogP contribution is 2.32. The Morgan fingerprint density at radius 2 is 1.35 bits per heavy atom. The molecule has 8 nitrogen and oxygen atoms in total. The van der Waals surface area contributed by atoms with Gasteiger partial charge in [-0.05, 0) is 31.5 Å². The molecule has 0 saturated heterocycles. The molecule has 0 amide bonds. The minimum Gasteiger partial charge on any atom is -0.726 e. The minimum absolute atomic E-state index is 0.127. The predicted octanol–water partition coefficient (Wildman–Crippen LogP) is 5.51. The van der Waals surface area contributed by atoms with Gasteiger partial charge in [0, 0.05) is 5.56 Å². The van der Waals surface area contributed by atoms with Crippen LogP contribution in [0.25, 0.3) is 11.0 Å². The first-order valence-electron chi connectivity index (χ1n) is 12.1. The van der Waals surface area contributed by atoms with E-state index in [0.29, 0.717) is 11.0 Å². The van der Waals surface area contributed by atoms with E-state index in [1.807, 2.05) is 31.2 Å². The highest BCUT2D eigenvalue weighted by molar-refractivity contribution is 7.80. The van der Waals surface area contributed by atoms with E-state index in [1.54, 1.807) is 31.2 Å². The van der Waals surface area contributed by atoms with E-state index in [-0.39, 0.29) is 5.56 Å². The monoisotopic (exact) mass is 636 g/mol. The summed E-state index contributed by atoms with van der Waals surface area (Å²) in [5.41, 5.74) is 3.80. The molecule has 3 aromatic carbocycles. The highest BCUT2D eigenvalue weighted by atomic mass is 32.3. The third-order valence-electron chi connectivity index (χ3n) is 5.61.